The topological polar surface area (TPSA) is 26.3 Å². The average molecular weight is 264 g/mol. The second-order valence-corrected chi connectivity index (χ2v) is 6.70. The summed E-state index contributed by atoms with van der Waals surface area (Å²) in [5, 5.41) is 0. The molecule has 0 amide bonds. The van der Waals surface area contributed by atoms with Crippen molar-refractivity contribution in [2.24, 2.45) is 0 Å². The average Bonchev–Trinajstić information content (AvgIpc) is 2.80. The zero-order chi connectivity index (χ0) is 13.3. The Labute approximate surface area is 113 Å². The molecular weight excluding hydrogens is 244 g/mol. The molecule has 0 aromatic heterocycles. The maximum Gasteiger partial charge on any atom is 0.182 e. The van der Waals surface area contributed by atoms with Gasteiger partial charge in [-0.25, -0.2) is 0 Å². The number of rotatable bonds is 3. The number of ether oxygens (including phenoxy) is 1. The number of hydrogen-bond donors (Lipinski definition) is 0. The monoisotopic (exact) mass is 264 g/mol. The van der Waals surface area contributed by atoms with Crippen LogP contribution in [-0.4, -0.2) is 23.4 Å². The molecule has 0 aliphatic carbocycles. The number of benzene rings is 1. The minimum atomic E-state index is -0.269. The number of aryl methyl sites for hydroxylation is 1. The van der Waals surface area contributed by atoms with Crippen molar-refractivity contribution < 1.29 is 9.53 Å². The number of hydrogen-bond acceptors (Lipinski definition) is 3. The van der Waals surface area contributed by atoms with E-state index in [1.165, 1.54) is 0 Å². The van der Waals surface area contributed by atoms with Crippen LogP contribution in [0.5, 0.6) is 5.75 Å². The molecule has 1 fully saturated rings. The van der Waals surface area contributed by atoms with Gasteiger partial charge >= 0.3 is 0 Å². The van der Waals surface area contributed by atoms with Crippen molar-refractivity contribution in [3.05, 3.63) is 28.8 Å². The van der Waals surface area contributed by atoms with E-state index in [0.717, 1.165) is 41.0 Å². The lowest BCUT2D eigenvalue weighted by molar-refractivity contribution is 0.0946. The first-order valence-corrected chi connectivity index (χ1v) is 7.31. The fraction of sp³-hybridized carbons (Fsp3) is 0.533. The van der Waals surface area contributed by atoms with Gasteiger partial charge in [0.05, 0.1) is 17.4 Å². The van der Waals surface area contributed by atoms with Crippen molar-refractivity contribution in [2.45, 2.75) is 38.4 Å². The van der Waals surface area contributed by atoms with Crippen molar-refractivity contribution in [3.8, 4) is 5.75 Å². The number of ketones is 1. The van der Waals surface area contributed by atoms with E-state index in [1.807, 2.05) is 26.0 Å². The molecule has 1 atom stereocenters. The van der Waals surface area contributed by atoms with Gasteiger partial charge in [-0.1, -0.05) is 6.07 Å². The lowest BCUT2D eigenvalue weighted by Gasteiger charge is -2.23. The summed E-state index contributed by atoms with van der Waals surface area (Å²) >= 11 is 1.77. The van der Waals surface area contributed by atoms with Gasteiger partial charge in [-0.15, -0.1) is 11.8 Å². The molecular formula is C15H20O2S. The van der Waals surface area contributed by atoms with Crippen LogP contribution in [0.2, 0.25) is 0 Å². The van der Waals surface area contributed by atoms with E-state index in [9.17, 15) is 4.79 Å². The van der Waals surface area contributed by atoms with Crippen LogP contribution < -0.4 is 4.74 Å². The third-order valence-corrected chi connectivity index (χ3v) is 5.34. The first-order valence-electron chi connectivity index (χ1n) is 6.32. The molecule has 1 aromatic rings. The number of Topliss-reactive ketones (excluding diaryl/α,β-unsaturated/α-hetero) is 1. The van der Waals surface area contributed by atoms with Crippen LogP contribution in [0.1, 0.15) is 41.3 Å². The SMILES string of the molecule is COc1c(C(=O)C2(C)CCCS2)ccc(C)c1C. The Hall–Kier alpha value is -0.960. The zero-order valence-corrected chi connectivity index (χ0v) is 12.3. The third kappa shape index (κ3) is 2.16. The molecule has 98 valence electrons. The molecule has 2 nitrogen and oxygen atoms in total. The van der Waals surface area contributed by atoms with Gasteiger partial charge < -0.3 is 4.74 Å². The highest BCUT2D eigenvalue weighted by Gasteiger charge is 2.39. The van der Waals surface area contributed by atoms with Gasteiger partial charge in [0.2, 0.25) is 0 Å². The molecule has 2 rings (SSSR count). The fourth-order valence-corrected chi connectivity index (χ4v) is 3.74. The minimum absolute atomic E-state index is 0.213. The summed E-state index contributed by atoms with van der Waals surface area (Å²) in [5.41, 5.74) is 2.96. The van der Waals surface area contributed by atoms with E-state index in [1.54, 1.807) is 18.9 Å². The van der Waals surface area contributed by atoms with E-state index in [2.05, 4.69) is 6.92 Å². The predicted molar refractivity (Wildman–Crippen MR) is 76.9 cm³/mol. The second-order valence-electron chi connectivity index (χ2n) is 5.10. The van der Waals surface area contributed by atoms with Crippen molar-refractivity contribution in [1.82, 2.24) is 0 Å². The number of carbonyl (C=O) groups excluding carboxylic acids is 1. The van der Waals surface area contributed by atoms with E-state index < -0.39 is 0 Å². The molecule has 0 bridgehead atoms. The molecule has 1 unspecified atom stereocenters. The van der Waals surface area contributed by atoms with Crippen LogP contribution in [-0.2, 0) is 0 Å². The third-order valence-electron chi connectivity index (χ3n) is 3.82. The standard InChI is InChI=1S/C15H20O2S/c1-10-6-7-12(13(17-4)11(10)2)14(16)15(3)8-5-9-18-15/h6-7H,5,8-9H2,1-4H3. The lowest BCUT2D eigenvalue weighted by Crippen LogP contribution is -2.29. The van der Waals surface area contributed by atoms with Crippen LogP contribution in [0.4, 0.5) is 0 Å². The quantitative estimate of drug-likeness (QED) is 0.777. The molecule has 1 aliphatic rings. The Morgan fingerprint density at radius 3 is 2.67 bits per heavy atom. The van der Waals surface area contributed by atoms with Crippen molar-refractivity contribution in [3.63, 3.8) is 0 Å². The molecule has 1 aromatic carbocycles. The van der Waals surface area contributed by atoms with E-state index in [4.69, 9.17) is 4.74 Å². The largest absolute Gasteiger partial charge is 0.496 e. The highest BCUT2D eigenvalue weighted by molar-refractivity contribution is 8.01. The lowest BCUT2D eigenvalue weighted by atomic mass is 9.92. The van der Waals surface area contributed by atoms with Crippen LogP contribution in [0.15, 0.2) is 12.1 Å². The molecule has 3 heteroatoms. The van der Waals surface area contributed by atoms with Crippen LogP contribution in [0, 0.1) is 13.8 Å². The van der Waals surface area contributed by atoms with E-state index in [0.29, 0.717) is 0 Å². The first kappa shape index (κ1) is 13.5. The molecule has 1 aliphatic heterocycles. The second kappa shape index (κ2) is 4.96. The summed E-state index contributed by atoms with van der Waals surface area (Å²) in [5.74, 6) is 2.04. The van der Waals surface area contributed by atoms with Gasteiger partial charge in [-0.05, 0) is 56.6 Å². The number of thioether (sulfide) groups is 1. The van der Waals surface area contributed by atoms with Gasteiger partial charge in [0.25, 0.3) is 0 Å². The summed E-state index contributed by atoms with van der Waals surface area (Å²) in [6.07, 6.45) is 2.09. The van der Waals surface area contributed by atoms with Gasteiger partial charge in [0.1, 0.15) is 5.75 Å². The maximum absolute atomic E-state index is 12.7. The summed E-state index contributed by atoms with van der Waals surface area (Å²) in [6.45, 7) is 6.11. The summed E-state index contributed by atoms with van der Waals surface area (Å²) in [4.78, 5) is 12.7. The smallest absolute Gasteiger partial charge is 0.182 e. The minimum Gasteiger partial charge on any atom is -0.496 e. The molecule has 1 heterocycles. The normalized spacial score (nSPS) is 23.1. The van der Waals surface area contributed by atoms with E-state index in [-0.39, 0.29) is 10.5 Å². The highest BCUT2D eigenvalue weighted by Crippen LogP contribution is 2.42. The predicted octanol–water partition coefficient (Wildman–Crippen LogP) is 3.78. The zero-order valence-electron chi connectivity index (χ0n) is 11.5. The van der Waals surface area contributed by atoms with Crippen LogP contribution >= 0.6 is 11.8 Å². The van der Waals surface area contributed by atoms with Crippen LogP contribution in [0.25, 0.3) is 0 Å². The number of methoxy groups -OCH3 is 1. The van der Waals surface area contributed by atoms with Crippen molar-refractivity contribution in [1.29, 1.82) is 0 Å². The van der Waals surface area contributed by atoms with Crippen molar-refractivity contribution in [2.75, 3.05) is 12.9 Å². The van der Waals surface area contributed by atoms with Gasteiger partial charge in [0.15, 0.2) is 5.78 Å². The Kier molecular flexibility index (Phi) is 3.71. The Morgan fingerprint density at radius 1 is 1.39 bits per heavy atom. The van der Waals surface area contributed by atoms with Gasteiger partial charge in [-0.2, -0.15) is 0 Å². The molecule has 0 radical (unpaired) electrons. The molecule has 18 heavy (non-hydrogen) atoms. The first-order chi connectivity index (χ1) is 8.49. The molecule has 0 N–H and O–H groups in total. The highest BCUT2D eigenvalue weighted by atomic mass is 32.2. The molecule has 0 saturated carbocycles. The summed E-state index contributed by atoms with van der Waals surface area (Å²) < 4.78 is 5.18. The van der Waals surface area contributed by atoms with Gasteiger partial charge in [-0.3, -0.25) is 4.79 Å². The van der Waals surface area contributed by atoms with Gasteiger partial charge in [0, 0.05) is 0 Å². The molecule has 1 saturated heterocycles. The summed E-state index contributed by atoms with van der Waals surface area (Å²) in [6, 6.07) is 3.92. The van der Waals surface area contributed by atoms with Crippen LogP contribution in [0.3, 0.4) is 0 Å². The Morgan fingerprint density at radius 2 is 2.11 bits per heavy atom. The van der Waals surface area contributed by atoms with E-state index >= 15 is 0 Å². The maximum atomic E-state index is 12.7. The molecule has 0 spiro atoms. The Balaban J connectivity index is 2.45. The number of carbonyl (C=O) groups is 1. The van der Waals surface area contributed by atoms with Crippen molar-refractivity contribution >= 4 is 17.5 Å². The fourth-order valence-electron chi connectivity index (χ4n) is 2.48. The summed E-state index contributed by atoms with van der Waals surface area (Å²) in [7, 11) is 1.64. The Bertz CT molecular complexity index is 474.